The fraction of sp³-hybridized carbons (Fsp3) is 0.815. The lowest BCUT2D eigenvalue weighted by atomic mass is 9.88. The van der Waals surface area contributed by atoms with E-state index in [4.69, 9.17) is 4.74 Å². The number of amides is 1. The number of hydrogen-bond acceptors (Lipinski definition) is 4. The molecule has 1 heterocycles. The zero-order valence-corrected chi connectivity index (χ0v) is 20.3. The highest BCUT2D eigenvalue weighted by molar-refractivity contribution is 5.77. The monoisotopic (exact) mass is 447 g/mol. The molecule has 0 bridgehead atoms. The number of unbranched alkanes of at least 4 members (excludes halogenated alkanes) is 1. The highest BCUT2D eigenvalue weighted by Crippen LogP contribution is 2.48. The Morgan fingerprint density at radius 1 is 1.31 bits per heavy atom. The van der Waals surface area contributed by atoms with Crippen molar-refractivity contribution < 1.29 is 19.7 Å². The molecule has 0 aromatic rings. The lowest BCUT2D eigenvalue weighted by Gasteiger charge is -2.26. The molecule has 5 heteroatoms. The van der Waals surface area contributed by atoms with Crippen LogP contribution in [-0.2, 0) is 9.53 Å². The molecule has 5 nitrogen and oxygen atoms in total. The van der Waals surface area contributed by atoms with Crippen LogP contribution in [-0.4, -0.2) is 59.5 Å². The standard InChI is InChI=1S/C27H45NO4/c1-3-4-8-20(2)15-23(29)9-10-24-25-17-21(16-22(25)18-26(24)30)11-14-32-19-27(31)28-12-6-5-7-13-28/h9-10,16,20,22-26,29-30H,3-8,11-15,17-19H2,1-2H3/t20-,22-,23+,24+,25-,26+/m0/s1. The summed E-state index contributed by atoms with van der Waals surface area (Å²) < 4.78 is 5.70. The molecule has 2 N–H and O–H groups in total. The first kappa shape index (κ1) is 25.5. The molecule has 2 fully saturated rings. The molecule has 1 saturated heterocycles. The van der Waals surface area contributed by atoms with Crippen LogP contribution in [0.3, 0.4) is 0 Å². The molecule has 182 valence electrons. The molecule has 2 aliphatic carbocycles. The van der Waals surface area contributed by atoms with Gasteiger partial charge in [0, 0.05) is 19.0 Å². The quantitative estimate of drug-likeness (QED) is 0.342. The maximum absolute atomic E-state index is 12.2. The number of hydrogen-bond donors (Lipinski definition) is 2. The normalized spacial score (nSPS) is 29.9. The zero-order valence-electron chi connectivity index (χ0n) is 20.3. The van der Waals surface area contributed by atoms with Gasteiger partial charge in [-0.1, -0.05) is 56.9 Å². The van der Waals surface area contributed by atoms with Gasteiger partial charge in [-0.2, -0.15) is 0 Å². The molecular weight excluding hydrogens is 402 g/mol. The number of nitrogens with zero attached hydrogens (tertiary/aromatic N) is 1. The van der Waals surface area contributed by atoms with Crippen molar-refractivity contribution in [1.29, 1.82) is 0 Å². The van der Waals surface area contributed by atoms with Crippen LogP contribution in [0, 0.1) is 23.7 Å². The van der Waals surface area contributed by atoms with E-state index in [1.807, 2.05) is 11.0 Å². The molecule has 0 unspecified atom stereocenters. The van der Waals surface area contributed by atoms with Crippen molar-refractivity contribution in [2.24, 2.45) is 23.7 Å². The van der Waals surface area contributed by atoms with Crippen LogP contribution in [0.1, 0.15) is 78.1 Å². The average molecular weight is 448 g/mol. The molecule has 6 atom stereocenters. The molecule has 1 aliphatic heterocycles. The van der Waals surface area contributed by atoms with E-state index in [-0.39, 0.29) is 24.5 Å². The summed E-state index contributed by atoms with van der Waals surface area (Å²) in [5, 5.41) is 21.0. The number of allylic oxidation sites excluding steroid dienone is 1. The van der Waals surface area contributed by atoms with Gasteiger partial charge in [0.15, 0.2) is 0 Å². The molecule has 3 aliphatic rings. The highest BCUT2D eigenvalue weighted by Gasteiger charge is 2.43. The highest BCUT2D eigenvalue weighted by atomic mass is 16.5. The number of fused-ring (bicyclic) bond motifs is 1. The Morgan fingerprint density at radius 2 is 2.09 bits per heavy atom. The van der Waals surface area contributed by atoms with Crippen molar-refractivity contribution in [2.45, 2.75) is 90.3 Å². The van der Waals surface area contributed by atoms with E-state index in [1.54, 1.807) is 0 Å². The summed E-state index contributed by atoms with van der Waals surface area (Å²) in [5.41, 5.74) is 1.39. The maximum Gasteiger partial charge on any atom is 0.248 e. The zero-order chi connectivity index (χ0) is 22.9. The second-order valence-electron chi connectivity index (χ2n) is 10.4. The van der Waals surface area contributed by atoms with Crippen molar-refractivity contribution >= 4 is 5.91 Å². The third-order valence-corrected chi connectivity index (χ3v) is 7.70. The smallest absolute Gasteiger partial charge is 0.248 e. The fourth-order valence-electron chi connectivity index (χ4n) is 5.81. The number of rotatable bonds is 12. The largest absolute Gasteiger partial charge is 0.392 e. The lowest BCUT2D eigenvalue weighted by Crippen LogP contribution is -2.38. The van der Waals surface area contributed by atoms with Crippen molar-refractivity contribution in [3.63, 3.8) is 0 Å². The first-order valence-electron chi connectivity index (χ1n) is 13.1. The van der Waals surface area contributed by atoms with E-state index in [0.717, 1.165) is 58.0 Å². The summed E-state index contributed by atoms with van der Waals surface area (Å²) in [7, 11) is 0. The third-order valence-electron chi connectivity index (χ3n) is 7.70. The van der Waals surface area contributed by atoms with E-state index in [2.05, 4.69) is 26.0 Å². The number of piperidine rings is 1. The van der Waals surface area contributed by atoms with Crippen molar-refractivity contribution in [3.05, 3.63) is 23.8 Å². The summed E-state index contributed by atoms with van der Waals surface area (Å²) in [6.07, 6.45) is 16.1. The number of carbonyl (C=O) groups excluding carboxylic acids is 1. The van der Waals surface area contributed by atoms with E-state index in [1.165, 1.54) is 24.8 Å². The van der Waals surface area contributed by atoms with Crippen molar-refractivity contribution in [2.75, 3.05) is 26.3 Å². The molecule has 3 rings (SSSR count). The molecule has 0 aromatic heterocycles. The van der Waals surface area contributed by atoms with Crippen LogP contribution in [0.25, 0.3) is 0 Å². The molecule has 0 aromatic carbocycles. The first-order valence-corrected chi connectivity index (χ1v) is 13.1. The van der Waals surface area contributed by atoms with Gasteiger partial charge in [0.25, 0.3) is 0 Å². The third kappa shape index (κ3) is 7.43. The Labute approximate surface area is 194 Å². The van der Waals surface area contributed by atoms with E-state index in [0.29, 0.717) is 24.4 Å². The molecule has 0 spiro atoms. The predicted octanol–water partition coefficient (Wildman–Crippen LogP) is 4.48. The van der Waals surface area contributed by atoms with Gasteiger partial charge in [-0.3, -0.25) is 4.79 Å². The second-order valence-corrected chi connectivity index (χ2v) is 10.4. The number of aliphatic hydroxyl groups excluding tert-OH is 2. The second kappa shape index (κ2) is 12.9. The first-order chi connectivity index (χ1) is 15.5. The number of aliphatic hydroxyl groups is 2. The summed E-state index contributed by atoms with van der Waals surface area (Å²) in [6.45, 7) is 6.94. The van der Waals surface area contributed by atoms with Gasteiger partial charge in [-0.25, -0.2) is 0 Å². The SMILES string of the molecule is CCCC[C@H](C)C[C@H](O)C=C[C@@H]1[C@H]2CC(CCOCC(=O)N3CCCCC3)=C[C@H]2C[C@H]1O. The number of ether oxygens (including phenoxy) is 1. The number of carbonyl (C=O) groups is 1. The fourth-order valence-corrected chi connectivity index (χ4v) is 5.81. The van der Waals surface area contributed by atoms with Crippen LogP contribution in [0.2, 0.25) is 0 Å². The van der Waals surface area contributed by atoms with Crippen LogP contribution >= 0.6 is 0 Å². The van der Waals surface area contributed by atoms with E-state index >= 15 is 0 Å². The summed E-state index contributed by atoms with van der Waals surface area (Å²) >= 11 is 0. The molecule has 32 heavy (non-hydrogen) atoms. The van der Waals surface area contributed by atoms with Crippen molar-refractivity contribution in [1.82, 2.24) is 4.90 Å². The molecule has 1 amide bonds. The maximum atomic E-state index is 12.2. The molecular formula is C27H45NO4. The lowest BCUT2D eigenvalue weighted by molar-refractivity contribution is -0.137. The van der Waals surface area contributed by atoms with Gasteiger partial charge >= 0.3 is 0 Å². The minimum atomic E-state index is -0.423. The van der Waals surface area contributed by atoms with Gasteiger partial charge in [0.1, 0.15) is 6.61 Å². The van der Waals surface area contributed by atoms with Crippen LogP contribution in [0.4, 0.5) is 0 Å². The Hall–Kier alpha value is -1.17. The predicted molar refractivity (Wildman–Crippen MR) is 128 cm³/mol. The van der Waals surface area contributed by atoms with Gasteiger partial charge < -0.3 is 19.8 Å². The molecule has 1 saturated carbocycles. The van der Waals surface area contributed by atoms with Gasteiger partial charge in [-0.05, 0) is 62.7 Å². The number of likely N-dealkylation sites (tertiary alicyclic amines) is 1. The molecule has 0 radical (unpaired) electrons. The topological polar surface area (TPSA) is 70.0 Å². The van der Waals surface area contributed by atoms with Gasteiger partial charge in [-0.15, -0.1) is 0 Å². The van der Waals surface area contributed by atoms with Crippen LogP contribution < -0.4 is 0 Å². The Morgan fingerprint density at radius 3 is 2.84 bits per heavy atom. The Kier molecular flexibility index (Phi) is 10.3. The summed E-state index contributed by atoms with van der Waals surface area (Å²) in [5.74, 6) is 1.62. The minimum Gasteiger partial charge on any atom is -0.392 e. The van der Waals surface area contributed by atoms with Gasteiger partial charge in [0.05, 0.1) is 18.8 Å². The Bertz CT molecular complexity index is 640. The van der Waals surface area contributed by atoms with Crippen LogP contribution in [0.5, 0.6) is 0 Å². The van der Waals surface area contributed by atoms with E-state index in [9.17, 15) is 15.0 Å². The Balaban J connectivity index is 1.38. The van der Waals surface area contributed by atoms with Crippen molar-refractivity contribution in [3.8, 4) is 0 Å². The average Bonchev–Trinajstić information content (AvgIpc) is 3.30. The van der Waals surface area contributed by atoms with Gasteiger partial charge in [0.2, 0.25) is 5.91 Å². The van der Waals surface area contributed by atoms with E-state index < -0.39 is 6.10 Å². The summed E-state index contributed by atoms with van der Waals surface area (Å²) in [4.78, 5) is 14.1. The van der Waals surface area contributed by atoms with Crippen LogP contribution in [0.15, 0.2) is 23.8 Å². The summed E-state index contributed by atoms with van der Waals surface area (Å²) in [6, 6.07) is 0. The minimum absolute atomic E-state index is 0.121.